The fourth-order valence-electron chi connectivity index (χ4n) is 0.551. The van der Waals surface area contributed by atoms with Gasteiger partial charge >= 0.3 is 0 Å². The fourth-order valence-corrected chi connectivity index (χ4v) is 1.74. The van der Waals surface area contributed by atoms with E-state index in [1.807, 2.05) is 0 Å². The Bertz CT molecular complexity index is 164. The molecule has 0 aliphatic heterocycles. The van der Waals surface area contributed by atoms with Crippen LogP contribution in [0.15, 0.2) is 0 Å². The second-order valence-electron chi connectivity index (χ2n) is 2.66. The van der Waals surface area contributed by atoms with Crippen LogP contribution in [0.5, 0.6) is 0 Å². The monoisotopic (exact) mass is 246 g/mol. The number of thiol groups is 1. The first-order chi connectivity index (χ1) is 6.31. The molecule has 0 aromatic rings. The predicted molar refractivity (Wildman–Crippen MR) is 53.7 cm³/mol. The Morgan fingerprint density at radius 1 is 1.21 bits per heavy atom. The van der Waals surface area contributed by atoms with Crippen LogP contribution in [-0.2, 0) is 0 Å². The summed E-state index contributed by atoms with van der Waals surface area (Å²) >= 11 is 4.18. The van der Waals surface area contributed by atoms with Gasteiger partial charge in [-0.25, -0.2) is 0 Å². The highest BCUT2D eigenvalue weighted by atomic mass is 32.2. The van der Waals surface area contributed by atoms with Crippen LogP contribution >= 0.6 is 24.4 Å². The molecule has 0 saturated heterocycles. The molecule has 6 N–H and O–H groups in total. The molecule has 0 saturated carbocycles. The number of hydrogen-bond acceptors (Lipinski definition) is 8. The molecule has 0 rings (SSSR count). The third kappa shape index (κ3) is 4.80. The van der Waals surface area contributed by atoms with Crippen LogP contribution in [0.1, 0.15) is 0 Å². The van der Waals surface area contributed by atoms with Gasteiger partial charge in [0.05, 0.1) is 12.7 Å². The summed E-state index contributed by atoms with van der Waals surface area (Å²) in [6, 6.07) is 0. The molecule has 6 nitrogen and oxygen atoms in total. The van der Waals surface area contributed by atoms with Crippen molar-refractivity contribution in [3.63, 3.8) is 0 Å². The predicted octanol–water partition coefficient (Wildman–Crippen LogP) is -2.68. The number of aliphatic hydroxyl groups is 6. The molecule has 0 aliphatic carbocycles. The number of hydrogen-bond donors (Lipinski definition) is 7. The fraction of sp³-hybridized carbons (Fsp3) is 1.00. The molecule has 3 unspecified atom stereocenters. The quantitative estimate of drug-likeness (QED) is 0.201. The zero-order valence-corrected chi connectivity index (χ0v) is 8.90. The van der Waals surface area contributed by atoms with E-state index in [0.717, 1.165) is 0 Å². The lowest BCUT2D eigenvalue weighted by Crippen LogP contribution is -2.43. The zero-order valence-electron chi connectivity index (χ0n) is 7.19. The van der Waals surface area contributed by atoms with Crippen molar-refractivity contribution >= 4 is 24.4 Å². The maximum Gasteiger partial charge on any atom is 0.186 e. The summed E-state index contributed by atoms with van der Waals surface area (Å²) in [6.07, 6.45) is -5.07. The van der Waals surface area contributed by atoms with Crippen molar-refractivity contribution in [2.24, 2.45) is 0 Å². The third-order valence-corrected chi connectivity index (χ3v) is 3.24. The summed E-state index contributed by atoms with van der Waals surface area (Å²) in [5, 5.41) is 52.9. The van der Waals surface area contributed by atoms with E-state index in [4.69, 9.17) is 25.5 Å². The molecule has 0 aliphatic rings. The van der Waals surface area contributed by atoms with Crippen LogP contribution in [0.4, 0.5) is 0 Å². The first kappa shape index (κ1) is 14.5. The molecule has 3 atom stereocenters. The smallest absolute Gasteiger partial charge is 0.186 e. The number of rotatable bonds is 6. The van der Waals surface area contributed by atoms with Gasteiger partial charge in [-0.05, 0) is 0 Å². The van der Waals surface area contributed by atoms with Crippen molar-refractivity contribution in [2.75, 3.05) is 12.4 Å². The largest absolute Gasteiger partial charge is 0.394 e. The number of aliphatic hydroxyl groups excluding tert-OH is 4. The summed E-state index contributed by atoms with van der Waals surface area (Å²) in [6.45, 7) is -0.491. The second kappa shape index (κ2) is 6.13. The first-order valence-electron chi connectivity index (χ1n) is 3.73. The SMILES string of the molecule is OCC(O)CSC(O)(S)C(O)C(O)O. The van der Waals surface area contributed by atoms with Gasteiger partial charge in [0.1, 0.15) is 0 Å². The van der Waals surface area contributed by atoms with Crippen molar-refractivity contribution in [3.05, 3.63) is 0 Å². The lowest BCUT2D eigenvalue weighted by atomic mass is 10.3. The van der Waals surface area contributed by atoms with Gasteiger partial charge in [0.25, 0.3) is 0 Å². The van der Waals surface area contributed by atoms with Crippen LogP contribution in [0.25, 0.3) is 0 Å². The Kier molecular flexibility index (Phi) is 6.33. The maximum atomic E-state index is 9.36. The first-order valence-corrected chi connectivity index (χ1v) is 5.16. The summed E-state index contributed by atoms with van der Waals surface area (Å²) in [5.41, 5.74) is 0. The standard InChI is InChI=1S/C6H14O6S2/c7-1-3(8)2-14-6(12,13)4(9)5(10)11/h3-5,7-13H,1-2H2. The average molecular weight is 246 g/mol. The molecule has 0 amide bonds. The lowest BCUT2D eigenvalue weighted by molar-refractivity contribution is -0.147. The Morgan fingerprint density at radius 3 is 2.07 bits per heavy atom. The maximum absolute atomic E-state index is 9.36. The van der Waals surface area contributed by atoms with E-state index in [0.29, 0.717) is 11.8 Å². The normalized spacial score (nSPS) is 20.6. The molecule has 0 heterocycles. The van der Waals surface area contributed by atoms with Crippen molar-refractivity contribution in [3.8, 4) is 0 Å². The highest BCUT2D eigenvalue weighted by molar-refractivity contribution is 8.11. The minimum Gasteiger partial charge on any atom is -0.394 e. The molecule has 0 bridgehead atoms. The minimum absolute atomic E-state index is 0.0969. The van der Waals surface area contributed by atoms with Crippen LogP contribution in [0, 0.1) is 0 Å². The molecular weight excluding hydrogens is 232 g/mol. The molecule has 0 aromatic heterocycles. The van der Waals surface area contributed by atoms with Gasteiger partial charge in [-0.2, -0.15) is 0 Å². The third-order valence-electron chi connectivity index (χ3n) is 1.37. The van der Waals surface area contributed by atoms with Crippen molar-refractivity contribution in [1.82, 2.24) is 0 Å². The van der Waals surface area contributed by atoms with E-state index in [1.54, 1.807) is 0 Å². The van der Waals surface area contributed by atoms with E-state index >= 15 is 0 Å². The Balaban J connectivity index is 4.06. The molecule has 0 spiro atoms. The van der Waals surface area contributed by atoms with Gasteiger partial charge in [0, 0.05) is 5.75 Å². The highest BCUT2D eigenvalue weighted by Gasteiger charge is 2.37. The van der Waals surface area contributed by atoms with Crippen molar-refractivity contribution in [1.29, 1.82) is 0 Å². The summed E-state index contributed by atoms with van der Waals surface area (Å²) in [5.74, 6) is -0.0969. The van der Waals surface area contributed by atoms with Gasteiger partial charge < -0.3 is 30.6 Å². The van der Waals surface area contributed by atoms with Crippen LogP contribution in [-0.4, -0.2) is 65.8 Å². The van der Waals surface area contributed by atoms with Crippen LogP contribution < -0.4 is 0 Å². The molecule has 8 heteroatoms. The summed E-state index contributed by atoms with van der Waals surface area (Å²) in [4.78, 5) is 0. The topological polar surface area (TPSA) is 121 Å². The van der Waals surface area contributed by atoms with Crippen LogP contribution in [0.2, 0.25) is 0 Å². The van der Waals surface area contributed by atoms with E-state index in [2.05, 4.69) is 12.6 Å². The molecule has 14 heavy (non-hydrogen) atoms. The molecule has 0 aromatic carbocycles. The van der Waals surface area contributed by atoms with E-state index < -0.39 is 29.4 Å². The molecule has 0 fully saturated rings. The van der Waals surface area contributed by atoms with Gasteiger partial charge in [-0.3, -0.25) is 0 Å². The lowest BCUT2D eigenvalue weighted by Gasteiger charge is -2.28. The highest BCUT2D eigenvalue weighted by Crippen LogP contribution is 2.31. The average Bonchev–Trinajstić information content (AvgIpc) is 2.12. The Hall–Kier alpha value is 0.460. The van der Waals surface area contributed by atoms with Crippen LogP contribution in [0.3, 0.4) is 0 Å². The second-order valence-corrected chi connectivity index (χ2v) is 4.89. The Morgan fingerprint density at radius 2 is 1.71 bits per heavy atom. The Labute approximate surface area is 90.6 Å². The van der Waals surface area contributed by atoms with Gasteiger partial charge in [-0.1, -0.05) is 0 Å². The summed E-state index contributed by atoms with van der Waals surface area (Å²) < 4.78 is -2.09. The van der Waals surface area contributed by atoms with Gasteiger partial charge in [0.2, 0.25) is 0 Å². The number of thioether (sulfide) groups is 1. The van der Waals surface area contributed by atoms with Crippen molar-refractivity contribution in [2.45, 2.75) is 22.8 Å². The minimum atomic E-state index is -2.13. The molecule has 0 radical (unpaired) electrons. The van der Waals surface area contributed by atoms with E-state index in [1.165, 1.54) is 0 Å². The van der Waals surface area contributed by atoms with Crippen molar-refractivity contribution < 1.29 is 30.6 Å². The van der Waals surface area contributed by atoms with E-state index in [9.17, 15) is 5.11 Å². The van der Waals surface area contributed by atoms with Gasteiger partial charge in [0.15, 0.2) is 16.7 Å². The zero-order chi connectivity index (χ0) is 11.4. The van der Waals surface area contributed by atoms with E-state index in [-0.39, 0.29) is 5.75 Å². The summed E-state index contributed by atoms with van der Waals surface area (Å²) in [7, 11) is 0. The molecular formula is C6H14O6S2. The molecule has 86 valence electrons. The van der Waals surface area contributed by atoms with Gasteiger partial charge in [-0.15, -0.1) is 24.4 Å².